The van der Waals surface area contributed by atoms with Crippen LogP contribution in [-0.4, -0.2) is 18.1 Å². The number of esters is 1. The number of aromatic nitrogens is 1. The van der Waals surface area contributed by atoms with E-state index in [1.165, 1.54) is 18.4 Å². The first kappa shape index (κ1) is 14.1. The summed E-state index contributed by atoms with van der Waals surface area (Å²) in [6.45, 7) is 0.509. The van der Waals surface area contributed by atoms with E-state index in [1.807, 2.05) is 0 Å². The van der Waals surface area contributed by atoms with E-state index >= 15 is 0 Å². The molecule has 0 saturated heterocycles. The zero-order valence-corrected chi connectivity index (χ0v) is 12.3. The number of nitrogens with zero attached hydrogens (tertiary/aromatic N) is 1. The Morgan fingerprint density at radius 2 is 2.26 bits per heavy atom. The number of thiazole rings is 1. The second-order valence-electron chi connectivity index (χ2n) is 3.61. The molecule has 0 aliphatic carbocycles. The van der Waals surface area contributed by atoms with Gasteiger partial charge in [-0.3, -0.25) is 0 Å². The molecule has 1 aromatic heterocycles. The largest absolute Gasteiger partial charge is 0.465 e. The van der Waals surface area contributed by atoms with Crippen molar-refractivity contribution in [3.63, 3.8) is 0 Å². The smallest absolute Gasteiger partial charge is 0.339 e. The maximum atomic E-state index is 11.6. The standard InChI is InChI=1S/C12H10Cl2N2O2S/c1-18-11(17)9-3-2-7(13)4-10(9)15-5-8-6-16-12(14)19-8/h2-4,6,15H,5H2,1H3. The number of carbonyl (C=O) groups excluding carboxylic acids is 1. The molecule has 0 aliphatic heterocycles. The highest BCUT2D eigenvalue weighted by molar-refractivity contribution is 7.15. The molecule has 1 heterocycles. The van der Waals surface area contributed by atoms with Gasteiger partial charge in [-0.05, 0) is 18.2 Å². The molecule has 2 aromatic rings. The Kier molecular flexibility index (Phi) is 4.63. The van der Waals surface area contributed by atoms with Crippen LogP contribution in [0.5, 0.6) is 0 Å². The summed E-state index contributed by atoms with van der Waals surface area (Å²) < 4.78 is 5.20. The van der Waals surface area contributed by atoms with Gasteiger partial charge < -0.3 is 10.1 Å². The van der Waals surface area contributed by atoms with Crippen molar-refractivity contribution in [2.24, 2.45) is 0 Å². The number of methoxy groups -OCH3 is 1. The Bertz CT molecular complexity index is 601. The average Bonchev–Trinajstić information content (AvgIpc) is 2.81. The van der Waals surface area contributed by atoms with E-state index < -0.39 is 5.97 Å². The fourth-order valence-electron chi connectivity index (χ4n) is 1.50. The van der Waals surface area contributed by atoms with E-state index in [-0.39, 0.29) is 0 Å². The number of carbonyl (C=O) groups is 1. The van der Waals surface area contributed by atoms with Gasteiger partial charge in [-0.25, -0.2) is 9.78 Å². The van der Waals surface area contributed by atoms with Crippen molar-refractivity contribution in [1.82, 2.24) is 4.98 Å². The first-order valence-electron chi connectivity index (χ1n) is 5.32. The molecule has 4 nitrogen and oxygen atoms in total. The molecule has 1 aromatic carbocycles. The molecule has 1 N–H and O–H groups in total. The number of nitrogens with one attached hydrogen (secondary N) is 1. The van der Waals surface area contributed by atoms with E-state index in [2.05, 4.69) is 10.3 Å². The minimum atomic E-state index is -0.415. The summed E-state index contributed by atoms with van der Waals surface area (Å²) >= 11 is 13.1. The highest BCUT2D eigenvalue weighted by atomic mass is 35.5. The van der Waals surface area contributed by atoms with Crippen LogP contribution in [-0.2, 0) is 11.3 Å². The monoisotopic (exact) mass is 316 g/mol. The van der Waals surface area contributed by atoms with Crippen LogP contribution in [0.1, 0.15) is 15.2 Å². The van der Waals surface area contributed by atoms with E-state index in [0.717, 1.165) is 4.88 Å². The highest BCUT2D eigenvalue weighted by Crippen LogP contribution is 2.24. The minimum Gasteiger partial charge on any atom is -0.465 e. The van der Waals surface area contributed by atoms with Crippen LogP contribution in [0.25, 0.3) is 0 Å². The van der Waals surface area contributed by atoms with Crippen molar-refractivity contribution >= 4 is 46.2 Å². The first-order chi connectivity index (χ1) is 9.10. The number of rotatable bonds is 4. The molecule has 0 fully saturated rings. The van der Waals surface area contributed by atoms with Gasteiger partial charge in [-0.2, -0.15) is 0 Å². The Hall–Kier alpha value is -1.30. The van der Waals surface area contributed by atoms with Gasteiger partial charge in [-0.1, -0.05) is 23.2 Å². The number of halogens is 2. The first-order valence-corrected chi connectivity index (χ1v) is 6.89. The average molecular weight is 317 g/mol. The number of anilines is 1. The van der Waals surface area contributed by atoms with Crippen LogP contribution in [0.4, 0.5) is 5.69 Å². The number of benzene rings is 1. The molecule has 0 atom stereocenters. The molecule has 7 heteroatoms. The van der Waals surface area contributed by atoms with Gasteiger partial charge in [0.25, 0.3) is 0 Å². The zero-order valence-electron chi connectivity index (χ0n) is 9.94. The third-order valence-electron chi connectivity index (χ3n) is 2.37. The van der Waals surface area contributed by atoms with Crippen molar-refractivity contribution in [3.8, 4) is 0 Å². The van der Waals surface area contributed by atoms with Crippen molar-refractivity contribution in [1.29, 1.82) is 0 Å². The zero-order chi connectivity index (χ0) is 13.8. The fourth-order valence-corrected chi connectivity index (χ4v) is 2.59. The van der Waals surface area contributed by atoms with Gasteiger partial charge in [0.2, 0.25) is 0 Å². The lowest BCUT2D eigenvalue weighted by atomic mass is 10.2. The predicted octanol–water partition coefficient (Wildman–Crippen LogP) is 3.85. The molecular weight excluding hydrogens is 307 g/mol. The molecular formula is C12H10Cl2N2O2S. The maximum Gasteiger partial charge on any atom is 0.339 e. The molecule has 0 saturated carbocycles. The van der Waals surface area contributed by atoms with Crippen LogP contribution in [0.3, 0.4) is 0 Å². The Balaban J connectivity index is 2.18. The number of hydrogen-bond acceptors (Lipinski definition) is 5. The van der Waals surface area contributed by atoms with Crippen LogP contribution < -0.4 is 5.32 Å². The van der Waals surface area contributed by atoms with E-state index in [1.54, 1.807) is 24.4 Å². The van der Waals surface area contributed by atoms with Gasteiger partial charge in [-0.15, -0.1) is 11.3 Å². The second kappa shape index (κ2) is 6.23. The molecule has 2 rings (SSSR count). The Morgan fingerprint density at radius 1 is 1.47 bits per heavy atom. The van der Waals surface area contributed by atoms with Gasteiger partial charge in [0.1, 0.15) is 0 Å². The summed E-state index contributed by atoms with van der Waals surface area (Å²) in [7, 11) is 1.34. The molecule has 0 unspecified atom stereocenters. The molecule has 0 spiro atoms. The quantitative estimate of drug-likeness (QED) is 0.870. The molecule has 0 amide bonds. The van der Waals surface area contributed by atoms with Gasteiger partial charge in [0, 0.05) is 16.1 Å². The van der Waals surface area contributed by atoms with Crippen LogP contribution in [0.2, 0.25) is 9.49 Å². The highest BCUT2D eigenvalue weighted by Gasteiger charge is 2.12. The van der Waals surface area contributed by atoms with Crippen molar-refractivity contribution < 1.29 is 9.53 Å². The molecule has 0 radical (unpaired) electrons. The van der Waals surface area contributed by atoms with Gasteiger partial charge >= 0.3 is 5.97 Å². The Labute approximate surface area is 124 Å². The third kappa shape index (κ3) is 3.59. The summed E-state index contributed by atoms with van der Waals surface area (Å²) in [6.07, 6.45) is 1.68. The van der Waals surface area contributed by atoms with Crippen molar-refractivity contribution in [3.05, 3.63) is 44.3 Å². The number of ether oxygens (including phenoxy) is 1. The minimum absolute atomic E-state index is 0.415. The summed E-state index contributed by atoms with van der Waals surface area (Å²) in [5, 5.41) is 3.66. The van der Waals surface area contributed by atoms with E-state index in [4.69, 9.17) is 27.9 Å². The second-order valence-corrected chi connectivity index (χ2v) is 5.75. The lowest BCUT2D eigenvalue weighted by Crippen LogP contribution is -2.07. The predicted molar refractivity (Wildman–Crippen MR) is 77.2 cm³/mol. The lowest BCUT2D eigenvalue weighted by Gasteiger charge is -2.10. The molecule has 100 valence electrons. The number of hydrogen-bond donors (Lipinski definition) is 1. The van der Waals surface area contributed by atoms with Crippen LogP contribution in [0, 0.1) is 0 Å². The summed E-state index contributed by atoms with van der Waals surface area (Å²) in [5.74, 6) is -0.415. The van der Waals surface area contributed by atoms with Crippen molar-refractivity contribution in [2.45, 2.75) is 6.54 Å². The summed E-state index contributed by atoms with van der Waals surface area (Å²) in [6, 6.07) is 4.94. The van der Waals surface area contributed by atoms with Crippen LogP contribution >= 0.6 is 34.5 Å². The SMILES string of the molecule is COC(=O)c1ccc(Cl)cc1NCc1cnc(Cl)s1. The topological polar surface area (TPSA) is 51.2 Å². The molecule has 19 heavy (non-hydrogen) atoms. The van der Waals surface area contributed by atoms with E-state index in [9.17, 15) is 4.79 Å². The summed E-state index contributed by atoms with van der Waals surface area (Å²) in [5.41, 5.74) is 1.05. The lowest BCUT2D eigenvalue weighted by molar-refractivity contribution is 0.0602. The molecule has 0 bridgehead atoms. The molecule has 0 aliphatic rings. The van der Waals surface area contributed by atoms with E-state index in [0.29, 0.717) is 27.3 Å². The van der Waals surface area contributed by atoms with Gasteiger partial charge in [0.15, 0.2) is 4.47 Å². The van der Waals surface area contributed by atoms with Crippen LogP contribution in [0.15, 0.2) is 24.4 Å². The third-order valence-corrected chi connectivity index (χ3v) is 3.72. The normalized spacial score (nSPS) is 10.3. The van der Waals surface area contributed by atoms with Crippen molar-refractivity contribution in [2.75, 3.05) is 12.4 Å². The van der Waals surface area contributed by atoms with Gasteiger partial charge in [0.05, 0.1) is 24.9 Å². The summed E-state index contributed by atoms with van der Waals surface area (Å²) in [4.78, 5) is 16.5. The Morgan fingerprint density at radius 3 is 2.89 bits per heavy atom. The fraction of sp³-hybridized carbons (Fsp3) is 0.167. The maximum absolute atomic E-state index is 11.6.